The summed E-state index contributed by atoms with van der Waals surface area (Å²) in [4.78, 5) is 0. The van der Waals surface area contributed by atoms with E-state index in [1.807, 2.05) is 25.1 Å². The Morgan fingerprint density at radius 2 is 2.08 bits per heavy atom. The van der Waals surface area contributed by atoms with Gasteiger partial charge in [0, 0.05) is 5.56 Å². The van der Waals surface area contributed by atoms with Gasteiger partial charge >= 0.3 is 0 Å². The highest BCUT2D eigenvalue weighted by Crippen LogP contribution is 2.25. The molecule has 1 nitrogen and oxygen atoms in total. The summed E-state index contributed by atoms with van der Waals surface area (Å²) in [5, 5.41) is 9.40. The number of hydrogen-bond acceptors (Lipinski definition) is 1. The first-order chi connectivity index (χ1) is 5.59. The van der Waals surface area contributed by atoms with Gasteiger partial charge in [0.05, 0.1) is 3.39 Å². The van der Waals surface area contributed by atoms with Crippen molar-refractivity contribution in [3.8, 4) is 5.75 Å². The molecule has 0 unspecified atom stereocenters. The van der Waals surface area contributed by atoms with Gasteiger partial charge in [-0.3, -0.25) is 0 Å². The zero-order valence-electron chi connectivity index (χ0n) is 6.51. The molecule has 0 heterocycles. The number of aromatic hydroxyl groups is 1. The van der Waals surface area contributed by atoms with Gasteiger partial charge in [-0.25, -0.2) is 0 Å². The van der Waals surface area contributed by atoms with Crippen molar-refractivity contribution in [2.45, 2.75) is 6.92 Å². The van der Waals surface area contributed by atoms with Gasteiger partial charge in [0.15, 0.2) is 0 Å². The second kappa shape index (κ2) is 4.10. The van der Waals surface area contributed by atoms with Gasteiger partial charge in [-0.1, -0.05) is 11.6 Å². The van der Waals surface area contributed by atoms with Gasteiger partial charge in [-0.2, -0.15) is 0 Å². The Balaban J connectivity index is 3.14. The highest BCUT2D eigenvalue weighted by atomic mass is 79.9. The van der Waals surface area contributed by atoms with Gasteiger partial charge in [0.1, 0.15) is 5.75 Å². The molecule has 0 spiro atoms. The highest BCUT2D eigenvalue weighted by Gasteiger charge is 1.97. The van der Waals surface area contributed by atoms with Crippen molar-refractivity contribution < 1.29 is 5.11 Å². The summed E-state index contributed by atoms with van der Waals surface area (Å²) in [7, 11) is 0. The van der Waals surface area contributed by atoms with Gasteiger partial charge in [0.2, 0.25) is 0 Å². The van der Waals surface area contributed by atoms with Crippen LogP contribution in [0.15, 0.2) is 21.6 Å². The van der Waals surface area contributed by atoms with Crippen molar-refractivity contribution in [3.05, 3.63) is 32.7 Å². The molecule has 0 radical (unpaired) electrons. The monoisotopic (exact) mass is 290 g/mol. The maximum Gasteiger partial charge on any atom is 0.122 e. The Kier molecular flexibility index (Phi) is 3.35. The molecule has 0 aliphatic carbocycles. The zero-order valence-corrected chi connectivity index (χ0v) is 9.68. The van der Waals surface area contributed by atoms with Crippen LogP contribution in [0.25, 0.3) is 6.08 Å². The van der Waals surface area contributed by atoms with Crippen LogP contribution in [-0.4, -0.2) is 5.11 Å². The minimum Gasteiger partial charge on any atom is -0.507 e. The van der Waals surface area contributed by atoms with E-state index >= 15 is 0 Å². The van der Waals surface area contributed by atoms with E-state index in [0.717, 1.165) is 14.5 Å². The highest BCUT2D eigenvalue weighted by molar-refractivity contribution is 9.28. The average Bonchev–Trinajstić information content (AvgIpc) is 1.96. The largest absolute Gasteiger partial charge is 0.507 e. The summed E-state index contributed by atoms with van der Waals surface area (Å²) in [5.41, 5.74) is 1.93. The smallest absolute Gasteiger partial charge is 0.122 e. The molecule has 1 rings (SSSR count). The first kappa shape index (κ1) is 9.81. The van der Waals surface area contributed by atoms with E-state index in [9.17, 15) is 5.11 Å². The summed E-state index contributed by atoms with van der Waals surface area (Å²) in [5.74, 6) is 0.289. The fraction of sp³-hybridized carbons (Fsp3) is 0.111. The lowest BCUT2D eigenvalue weighted by molar-refractivity contribution is 0.474. The van der Waals surface area contributed by atoms with Gasteiger partial charge in [0.25, 0.3) is 0 Å². The molecular weight excluding hydrogens is 284 g/mol. The van der Waals surface area contributed by atoms with Crippen LogP contribution in [0.5, 0.6) is 5.75 Å². The second-order valence-corrected chi connectivity index (χ2v) is 5.27. The number of phenolic OH excluding ortho intramolecular Hbond substituents is 1. The quantitative estimate of drug-likeness (QED) is 0.835. The number of phenols is 1. The molecule has 12 heavy (non-hydrogen) atoms. The van der Waals surface area contributed by atoms with E-state index in [0.29, 0.717) is 0 Å². The molecule has 64 valence electrons. The minimum absolute atomic E-state index is 0.289. The van der Waals surface area contributed by atoms with Crippen LogP contribution < -0.4 is 0 Å². The number of halogens is 2. The van der Waals surface area contributed by atoms with Crippen molar-refractivity contribution in [1.29, 1.82) is 0 Å². The molecule has 0 amide bonds. The van der Waals surface area contributed by atoms with E-state index < -0.39 is 0 Å². The Morgan fingerprint density at radius 1 is 1.42 bits per heavy atom. The van der Waals surface area contributed by atoms with E-state index in [2.05, 4.69) is 31.9 Å². The molecule has 1 N–H and O–H groups in total. The SMILES string of the molecule is Cc1ccc(O)c(C=C(Br)Br)c1. The molecule has 0 aliphatic rings. The summed E-state index contributed by atoms with van der Waals surface area (Å²) in [6.45, 7) is 1.99. The Morgan fingerprint density at radius 3 is 2.67 bits per heavy atom. The molecule has 1 aromatic rings. The molecule has 1 aromatic carbocycles. The molecule has 0 atom stereocenters. The molecule has 0 aromatic heterocycles. The lowest BCUT2D eigenvalue weighted by atomic mass is 10.1. The third kappa shape index (κ3) is 2.64. The summed E-state index contributed by atoms with van der Waals surface area (Å²) in [6.07, 6.45) is 1.81. The van der Waals surface area contributed by atoms with Crippen molar-refractivity contribution in [2.24, 2.45) is 0 Å². The Hall–Kier alpha value is -0.280. The summed E-state index contributed by atoms with van der Waals surface area (Å²) < 4.78 is 0.816. The second-order valence-electron chi connectivity index (χ2n) is 2.50. The van der Waals surface area contributed by atoms with Crippen molar-refractivity contribution in [1.82, 2.24) is 0 Å². The average molecular weight is 292 g/mol. The molecule has 3 heteroatoms. The lowest BCUT2D eigenvalue weighted by Gasteiger charge is -1.99. The maximum absolute atomic E-state index is 9.40. The van der Waals surface area contributed by atoms with Crippen molar-refractivity contribution >= 4 is 37.9 Å². The fourth-order valence-corrected chi connectivity index (χ4v) is 1.40. The van der Waals surface area contributed by atoms with Crippen LogP contribution in [-0.2, 0) is 0 Å². The van der Waals surface area contributed by atoms with Gasteiger partial charge < -0.3 is 5.11 Å². The molecule has 0 aliphatic heterocycles. The summed E-state index contributed by atoms with van der Waals surface area (Å²) >= 11 is 6.47. The third-order valence-corrected chi connectivity index (χ3v) is 1.91. The topological polar surface area (TPSA) is 20.2 Å². The van der Waals surface area contributed by atoms with Crippen molar-refractivity contribution in [2.75, 3.05) is 0 Å². The first-order valence-electron chi connectivity index (χ1n) is 3.42. The van der Waals surface area contributed by atoms with E-state index in [-0.39, 0.29) is 5.75 Å². The Labute approximate surface area is 88.4 Å². The number of benzene rings is 1. The minimum atomic E-state index is 0.289. The molecule has 0 saturated carbocycles. The number of hydrogen-bond donors (Lipinski definition) is 1. The summed E-state index contributed by atoms with van der Waals surface area (Å²) in [6, 6.07) is 5.47. The fourth-order valence-electron chi connectivity index (χ4n) is 0.907. The Bertz CT molecular complexity index is 314. The number of aryl methyl sites for hydroxylation is 1. The van der Waals surface area contributed by atoms with E-state index in [1.54, 1.807) is 6.07 Å². The van der Waals surface area contributed by atoms with Gasteiger partial charge in [-0.05, 0) is 57.0 Å². The molecular formula is C9H8Br2O. The van der Waals surface area contributed by atoms with Crippen LogP contribution in [0.4, 0.5) is 0 Å². The zero-order chi connectivity index (χ0) is 9.14. The van der Waals surface area contributed by atoms with Crippen LogP contribution >= 0.6 is 31.9 Å². The van der Waals surface area contributed by atoms with Crippen molar-refractivity contribution in [3.63, 3.8) is 0 Å². The van der Waals surface area contributed by atoms with Crippen LogP contribution in [0, 0.1) is 6.92 Å². The molecule has 0 bridgehead atoms. The van der Waals surface area contributed by atoms with Crippen LogP contribution in [0.3, 0.4) is 0 Å². The van der Waals surface area contributed by atoms with E-state index in [1.165, 1.54) is 0 Å². The molecule has 0 fully saturated rings. The predicted molar refractivity (Wildman–Crippen MR) is 58.7 cm³/mol. The normalized spacial score (nSPS) is 9.58. The van der Waals surface area contributed by atoms with Crippen LogP contribution in [0.2, 0.25) is 0 Å². The maximum atomic E-state index is 9.40. The number of rotatable bonds is 1. The van der Waals surface area contributed by atoms with E-state index in [4.69, 9.17) is 0 Å². The standard InChI is InChI=1S/C9H8Br2O/c1-6-2-3-8(12)7(4-6)5-9(10)11/h2-5,12H,1H3. The third-order valence-electron chi connectivity index (χ3n) is 1.45. The van der Waals surface area contributed by atoms with Gasteiger partial charge in [-0.15, -0.1) is 0 Å². The van der Waals surface area contributed by atoms with Crippen LogP contribution in [0.1, 0.15) is 11.1 Å². The lowest BCUT2D eigenvalue weighted by Crippen LogP contribution is -1.77. The first-order valence-corrected chi connectivity index (χ1v) is 5.00. The molecule has 0 saturated heterocycles. The predicted octanol–water partition coefficient (Wildman–Crippen LogP) is 3.79.